The van der Waals surface area contributed by atoms with E-state index in [0.717, 1.165) is 10.7 Å². The highest BCUT2D eigenvalue weighted by atomic mass is 19.4. The second-order valence-corrected chi connectivity index (χ2v) is 4.05. The molecule has 1 amide bonds. The Balaban J connectivity index is 2.79. The van der Waals surface area contributed by atoms with Crippen LogP contribution < -0.4 is 5.32 Å². The average molecular weight is 249 g/mol. The van der Waals surface area contributed by atoms with Gasteiger partial charge in [0.1, 0.15) is 6.54 Å². The van der Waals surface area contributed by atoms with Crippen LogP contribution >= 0.6 is 0 Å². The number of nitrogens with zero attached hydrogens (tertiary/aromatic N) is 2. The Bertz CT molecular complexity index is 409. The summed E-state index contributed by atoms with van der Waals surface area (Å²) in [5, 5.41) is 5.94. The molecule has 1 aromatic rings. The van der Waals surface area contributed by atoms with Crippen molar-refractivity contribution in [3.05, 3.63) is 17.5 Å². The number of hydrogen-bond acceptors (Lipinski definition) is 2. The van der Waals surface area contributed by atoms with Gasteiger partial charge in [-0.15, -0.1) is 0 Å². The number of rotatable bonds is 3. The van der Waals surface area contributed by atoms with Crippen LogP contribution in [-0.2, 0) is 17.5 Å². The molecule has 1 rings (SSSR count). The molecule has 0 fully saturated rings. The first-order valence-corrected chi connectivity index (χ1v) is 5.11. The van der Waals surface area contributed by atoms with E-state index in [4.69, 9.17) is 0 Å². The Morgan fingerprint density at radius 1 is 1.53 bits per heavy atom. The standard InChI is InChI=1S/C10H14F3N3O/c1-6(2)14-9(17)5-16-7(3)4-8(15-16)10(11,12)13/h4,6H,5H2,1-3H3,(H,14,17). The van der Waals surface area contributed by atoms with Crippen molar-refractivity contribution in [2.24, 2.45) is 0 Å². The van der Waals surface area contributed by atoms with Crippen molar-refractivity contribution in [2.45, 2.75) is 39.5 Å². The molecule has 0 aromatic carbocycles. The summed E-state index contributed by atoms with van der Waals surface area (Å²) >= 11 is 0. The van der Waals surface area contributed by atoms with Gasteiger partial charge in [-0.2, -0.15) is 18.3 Å². The van der Waals surface area contributed by atoms with Crippen molar-refractivity contribution >= 4 is 5.91 Å². The first-order chi connectivity index (χ1) is 7.70. The van der Waals surface area contributed by atoms with E-state index in [-0.39, 0.29) is 18.5 Å². The maximum atomic E-state index is 12.4. The van der Waals surface area contributed by atoms with Crippen LogP contribution in [-0.4, -0.2) is 21.7 Å². The Kier molecular flexibility index (Phi) is 3.79. The maximum Gasteiger partial charge on any atom is 0.435 e. The molecule has 0 saturated heterocycles. The van der Waals surface area contributed by atoms with E-state index >= 15 is 0 Å². The van der Waals surface area contributed by atoms with Gasteiger partial charge in [0.2, 0.25) is 5.91 Å². The summed E-state index contributed by atoms with van der Waals surface area (Å²) in [5.74, 6) is -0.361. The zero-order valence-electron chi connectivity index (χ0n) is 9.80. The minimum absolute atomic E-state index is 0.0551. The van der Waals surface area contributed by atoms with Crippen LogP contribution in [0.2, 0.25) is 0 Å². The fourth-order valence-corrected chi connectivity index (χ4v) is 1.31. The summed E-state index contributed by atoms with van der Waals surface area (Å²) in [6, 6.07) is 0.864. The number of halogens is 3. The molecule has 17 heavy (non-hydrogen) atoms. The predicted octanol–water partition coefficient (Wildman–Crippen LogP) is 1.73. The predicted molar refractivity (Wildman–Crippen MR) is 55.2 cm³/mol. The molecule has 0 unspecified atom stereocenters. The van der Waals surface area contributed by atoms with Gasteiger partial charge in [0.25, 0.3) is 0 Å². The van der Waals surface area contributed by atoms with Gasteiger partial charge in [0.05, 0.1) is 0 Å². The number of carbonyl (C=O) groups excluding carboxylic acids is 1. The fourth-order valence-electron chi connectivity index (χ4n) is 1.31. The molecule has 4 nitrogen and oxygen atoms in total. The molecule has 0 aliphatic rings. The van der Waals surface area contributed by atoms with E-state index in [9.17, 15) is 18.0 Å². The SMILES string of the molecule is Cc1cc(C(F)(F)F)nn1CC(=O)NC(C)C. The first-order valence-electron chi connectivity index (χ1n) is 5.11. The summed E-state index contributed by atoms with van der Waals surface area (Å²) < 4.78 is 38.1. The van der Waals surface area contributed by atoms with Crippen molar-refractivity contribution in [2.75, 3.05) is 0 Å². The molecule has 0 saturated carbocycles. The number of alkyl halides is 3. The number of amides is 1. The van der Waals surface area contributed by atoms with E-state index in [1.807, 2.05) is 0 Å². The van der Waals surface area contributed by atoms with Gasteiger partial charge in [-0.3, -0.25) is 9.48 Å². The lowest BCUT2D eigenvalue weighted by Gasteiger charge is -2.09. The lowest BCUT2D eigenvalue weighted by atomic mass is 10.3. The van der Waals surface area contributed by atoms with Crippen molar-refractivity contribution in [3.8, 4) is 0 Å². The van der Waals surface area contributed by atoms with E-state index in [1.54, 1.807) is 13.8 Å². The molecule has 0 aliphatic heterocycles. The van der Waals surface area contributed by atoms with Crippen LogP contribution in [0, 0.1) is 6.92 Å². The zero-order valence-corrected chi connectivity index (χ0v) is 9.80. The number of aryl methyl sites for hydroxylation is 1. The number of hydrogen-bond donors (Lipinski definition) is 1. The third-order valence-electron chi connectivity index (χ3n) is 2.01. The minimum atomic E-state index is -4.48. The average Bonchev–Trinajstić information content (AvgIpc) is 2.45. The highest BCUT2D eigenvalue weighted by molar-refractivity contribution is 5.75. The highest BCUT2D eigenvalue weighted by Gasteiger charge is 2.34. The molecule has 0 aliphatic carbocycles. The van der Waals surface area contributed by atoms with Crippen molar-refractivity contribution in [1.82, 2.24) is 15.1 Å². The quantitative estimate of drug-likeness (QED) is 0.886. The lowest BCUT2D eigenvalue weighted by molar-refractivity contribution is -0.141. The van der Waals surface area contributed by atoms with Gasteiger partial charge in [-0.25, -0.2) is 0 Å². The number of nitrogens with one attached hydrogen (secondary N) is 1. The monoisotopic (exact) mass is 249 g/mol. The van der Waals surface area contributed by atoms with Crippen LogP contribution in [0.15, 0.2) is 6.07 Å². The summed E-state index contributed by atoms with van der Waals surface area (Å²) in [7, 11) is 0. The summed E-state index contributed by atoms with van der Waals surface area (Å²) in [6.45, 7) is 4.81. The normalized spacial score (nSPS) is 11.9. The van der Waals surface area contributed by atoms with Crippen molar-refractivity contribution in [3.63, 3.8) is 0 Å². The Morgan fingerprint density at radius 3 is 2.53 bits per heavy atom. The molecule has 0 atom stereocenters. The van der Waals surface area contributed by atoms with E-state index in [2.05, 4.69) is 10.4 Å². The zero-order chi connectivity index (χ0) is 13.2. The molecular weight excluding hydrogens is 235 g/mol. The summed E-state index contributed by atoms with van der Waals surface area (Å²) in [5.41, 5.74) is -0.677. The smallest absolute Gasteiger partial charge is 0.352 e. The second kappa shape index (κ2) is 4.77. The van der Waals surface area contributed by atoms with Gasteiger partial charge in [-0.1, -0.05) is 0 Å². The molecule has 1 heterocycles. The molecule has 0 bridgehead atoms. The van der Waals surface area contributed by atoms with Gasteiger partial charge < -0.3 is 5.32 Å². The molecular formula is C10H14F3N3O. The highest BCUT2D eigenvalue weighted by Crippen LogP contribution is 2.28. The van der Waals surface area contributed by atoms with Crippen LogP contribution in [0.1, 0.15) is 25.2 Å². The van der Waals surface area contributed by atoms with Crippen LogP contribution in [0.5, 0.6) is 0 Å². The number of carbonyl (C=O) groups is 1. The van der Waals surface area contributed by atoms with Gasteiger partial charge in [0, 0.05) is 11.7 Å². The van der Waals surface area contributed by atoms with Crippen molar-refractivity contribution in [1.29, 1.82) is 0 Å². The number of aromatic nitrogens is 2. The van der Waals surface area contributed by atoms with Crippen LogP contribution in [0.25, 0.3) is 0 Å². The summed E-state index contributed by atoms with van der Waals surface area (Å²) in [4.78, 5) is 11.4. The second-order valence-electron chi connectivity index (χ2n) is 4.05. The molecule has 1 N–H and O–H groups in total. The van der Waals surface area contributed by atoms with E-state index in [0.29, 0.717) is 5.69 Å². The Morgan fingerprint density at radius 2 is 2.12 bits per heavy atom. The van der Waals surface area contributed by atoms with Crippen molar-refractivity contribution < 1.29 is 18.0 Å². The molecule has 0 spiro atoms. The maximum absolute atomic E-state index is 12.4. The summed E-state index contributed by atoms with van der Waals surface area (Å²) in [6.07, 6.45) is -4.48. The van der Waals surface area contributed by atoms with E-state index in [1.165, 1.54) is 6.92 Å². The third-order valence-corrected chi connectivity index (χ3v) is 2.01. The molecule has 96 valence electrons. The first kappa shape index (κ1) is 13.5. The molecule has 0 radical (unpaired) electrons. The molecule has 7 heteroatoms. The van der Waals surface area contributed by atoms with Gasteiger partial charge >= 0.3 is 6.18 Å². The Labute approximate surface area is 96.8 Å². The van der Waals surface area contributed by atoms with Gasteiger partial charge in [-0.05, 0) is 26.8 Å². The Hall–Kier alpha value is -1.53. The largest absolute Gasteiger partial charge is 0.435 e. The van der Waals surface area contributed by atoms with Crippen LogP contribution in [0.3, 0.4) is 0 Å². The van der Waals surface area contributed by atoms with Crippen LogP contribution in [0.4, 0.5) is 13.2 Å². The lowest BCUT2D eigenvalue weighted by Crippen LogP contribution is -2.33. The minimum Gasteiger partial charge on any atom is -0.352 e. The molecule has 1 aromatic heterocycles. The third kappa shape index (κ3) is 3.76. The van der Waals surface area contributed by atoms with Gasteiger partial charge in [0.15, 0.2) is 5.69 Å². The topological polar surface area (TPSA) is 46.9 Å². The fraction of sp³-hybridized carbons (Fsp3) is 0.600. The van der Waals surface area contributed by atoms with E-state index < -0.39 is 11.9 Å².